The summed E-state index contributed by atoms with van der Waals surface area (Å²) >= 11 is 6.05. The minimum Gasteiger partial charge on any atom is -0.352 e. The number of piperazine rings is 1. The zero-order valence-corrected chi connectivity index (χ0v) is 17.1. The Bertz CT molecular complexity index is 1220. The second-order valence-corrected chi connectivity index (χ2v) is 7.55. The van der Waals surface area contributed by atoms with Crippen molar-refractivity contribution >= 4 is 29.0 Å². The lowest BCUT2D eigenvalue weighted by molar-refractivity contribution is 0.0740. The van der Waals surface area contributed by atoms with Crippen molar-refractivity contribution in [1.29, 1.82) is 0 Å². The van der Waals surface area contributed by atoms with Crippen molar-refractivity contribution in [2.45, 2.75) is 6.92 Å². The van der Waals surface area contributed by atoms with Gasteiger partial charge in [-0.2, -0.15) is 9.61 Å². The molecule has 0 unspecified atom stereocenters. The number of aryl methyl sites for hydroxylation is 1. The standard InChI is InChI=1S/C20H19ClN8O/c1-14-22-23-18-5-6-19(25-29(14)18)26-9-11-27(12-10-26)20(30)17-7-8-28(24-17)16-4-2-3-15(21)13-16/h2-8,13H,9-12H2,1H3. The Morgan fingerprint density at radius 1 is 1.00 bits per heavy atom. The molecule has 1 aliphatic heterocycles. The van der Waals surface area contributed by atoms with Crippen LogP contribution < -0.4 is 4.90 Å². The van der Waals surface area contributed by atoms with Gasteiger partial charge in [-0.3, -0.25) is 4.79 Å². The summed E-state index contributed by atoms with van der Waals surface area (Å²) in [6.07, 6.45) is 1.77. The fourth-order valence-electron chi connectivity index (χ4n) is 3.56. The van der Waals surface area contributed by atoms with Crippen LogP contribution in [-0.2, 0) is 0 Å². The van der Waals surface area contributed by atoms with E-state index in [1.165, 1.54) is 0 Å². The van der Waals surface area contributed by atoms with E-state index in [1.54, 1.807) is 27.5 Å². The molecule has 4 heterocycles. The van der Waals surface area contributed by atoms with Gasteiger partial charge in [-0.1, -0.05) is 17.7 Å². The highest BCUT2D eigenvalue weighted by Crippen LogP contribution is 2.17. The fourth-order valence-corrected chi connectivity index (χ4v) is 3.74. The van der Waals surface area contributed by atoms with Crippen LogP contribution in [0, 0.1) is 6.92 Å². The predicted molar refractivity (Wildman–Crippen MR) is 112 cm³/mol. The van der Waals surface area contributed by atoms with Gasteiger partial charge in [0.25, 0.3) is 5.91 Å². The number of aromatic nitrogens is 6. The van der Waals surface area contributed by atoms with Crippen molar-refractivity contribution in [1.82, 2.24) is 34.5 Å². The molecule has 5 rings (SSSR count). The molecule has 0 atom stereocenters. The molecule has 10 heteroatoms. The topological polar surface area (TPSA) is 84.5 Å². The van der Waals surface area contributed by atoms with Crippen LogP contribution in [0.5, 0.6) is 0 Å². The van der Waals surface area contributed by atoms with E-state index in [-0.39, 0.29) is 5.91 Å². The van der Waals surface area contributed by atoms with E-state index >= 15 is 0 Å². The molecule has 0 N–H and O–H groups in total. The van der Waals surface area contributed by atoms with Gasteiger partial charge >= 0.3 is 0 Å². The van der Waals surface area contributed by atoms with Crippen LogP contribution in [0.25, 0.3) is 11.3 Å². The first-order valence-electron chi connectivity index (χ1n) is 9.63. The number of nitrogens with zero attached hydrogens (tertiary/aromatic N) is 8. The number of anilines is 1. The smallest absolute Gasteiger partial charge is 0.274 e. The maximum Gasteiger partial charge on any atom is 0.274 e. The molecule has 1 amide bonds. The maximum atomic E-state index is 12.9. The molecular weight excluding hydrogens is 404 g/mol. The Kier molecular flexibility index (Phi) is 4.59. The van der Waals surface area contributed by atoms with E-state index in [9.17, 15) is 4.79 Å². The number of amides is 1. The lowest BCUT2D eigenvalue weighted by Crippen LogP contribution is -2.49. The zero-order chi connectivity index (χ0) is 20.7. The van der Waals surface area contributed by atoms with Gasteiger partial charge in [-0.05, 0) is 43.3 Å². The minimum absolute atomic E-state index is 0.0755. The van der Waals surface area contributed by atoms with E-state index in [4.69, 9.17) is 11.6 Å². The molecule has 0 aliphatic carbocycles. The van der Waals surface area contributed by atoms with E-state index in [0.29, 0.717) is 36.9 Å². The van der Waals surface area contributed by atoms with Gasteiger partial charge in [0.05, 0.1) is 5.69 Å². The van der Waals surface area contributed by atoms with Crippen LogP contribution in [0.4, 0.5) is 5.82 Å². The SMILES string of the molecule is Cc1nnc2ccc(N3CCN(C(=O)c4ccn(-c5cccc(Cl)c5)n4)CC3)nn12. The molecule has 0 bridgehead atoms. The highest BCUT2D eigenvalue weighted by atomic mass is 35.5. The Morgan fingerprint density at radius 3 is 2.63 bits per heavy atom. The molecule has 9 nitrogen and oxygen atoms in total. The van der Waals surface area contributed by atoms with Gasteiger partial charge in [0.2, 0.25) is 0 Å². The normalized spacial score (nSPS) is 14.5. The first-order valence-corrected chi connectivity index (χ1v) is 10.0. The highest BCUT2D eigenvalue weighted by molar-refractivity contribution is 6.30. The largest absolute Gasteiger partial charge is 0.352 e. The number of fused-ring (bicyclic) bond motifs is 1. The van der Waals surface area contributed by atoms with Crippen molar-refractivity contribution in [2.75, 3.05) is 31.1 Å². The fraction of sp³-hybridized carbons (Fsp3) is 0.250. The molecular formula is C20H19ClN8O. The summed E-state index contributed by atoms with van der Waals surface area (Å²) in [6, 6.07) is 12.9. The van der Waals surface area contributed by atoms with Crippen molar-refractivity contribution in [2.24, 2.45) is 0 Å². The summed E-state index contributed by atoms with van der Waals surface area (Å²) < 4.78 is 3.39. The number of carbonyl (C=O) groups is 1. The Balaban J connectivity index is 1.27. The summed E-state index contributed by atoms with van der Waals surface area (Å²) in [6.45, 7) is 4.46. The molecule has 0 saturated carbocycles. The van der Waals surface area contributed by atoms with Crippen molar-refractivity contribution < 1.29 is 4.79 Å². The summed E-state index contributed by atoms with van der Waals surface area (Å²) in [7, 11) is 0. The molecule has 1 fully saturated rings. The van der Waals surface area contributed by atoms with Crippen LogP contribution >= 0.6 is 11.6 Å². The van der Waals surface area contributed by atoms with Crippen LogP contribution in [0.15, 0.2) is 48.7 Å². The minimum atomic E-state index is -0.0755. The van der Waals surface area contributed by atoms with Crippen LogP contribution in [0.1, 0.15) is 16.3 Å². The van der Waals surface area contributed by atoms with Crippen LogP contribution in [0.3, 0.4) is 0 Å². The Morgan fingerprint density at radius 2 is 1.83 bits per heavy atom. The maximum absolute atomic E-state index is 12.9. The predicted octanol–water partition coefficient (Wildman–Crippen LogP) is 2.23. The number of halogens is 1. The van der Waals surface area contributed by atoms with Crippen molar-refractivity contribution in [3.8, 4) is 5.69 Å². The quantitative estimate of drug-likeness (QED) is 0.503. The van der Waals surface area contributed by atoms with Crippen molar-refractivity contribution in [3.63, 3.8) is 0 Å². The third-order valence-electron chi connectivity index (χ3n) is 5.18. The Hall–Kier alpha value is -3.46. The second kappa shape index (κ2) is 7.42. The lowest BCUT2D eigenvalue weighted by Gasteiger charge is -2.34. The second-order valence-electron chi connectivity index (χ2n) is 7.11. The molecule has 30 heavy (non-hydrogen) atoms. The average Bonchev–Trinajstić information content (AvgIpc) is 3.41. The third-order valence-corrected chi connectivity index (χ3v) is 5.41. The van der Waals surface area contributed by atoms with Gasteiger partial charge < -0.3 is 9.80 Å². The molecule has 1 saturated heterocycles. The summed E-state index contributed by atoms with van der Waals surface area (Å²) in [5, 5.41) is 17.8. The number of rotatable bonds is 3. The summed E-state index contributed by atoms with van der Waals surface area (Å²) in [5.41, 5.74) is 1.96. The highest BCUT2D eigenvalue weighted by Gasteiger charge is 2.25. The van der Waals surface area contributed by atoms with E-state index in [0.717, 1.165) is 23.0 Å². The Labute approximate surface area is 177 Å². The average molecular weight is 423 g/mol. The first kappa shape index (κ1) is 18.6. The molecule has 1 aliphatic rings. The van der Waals surface area contributed by atoms with Gasteiger partial charge in [0, 0.05) is 37.4 Å². The summed E-state index contributed by atoms with van der Waals surface area (Å²) in [4.78, 5) is 16.9. The molecule has 4 aromatic rings. The van der Waals surface area contributed by atoms with E-state index < -0.39 is 0 Å². The van der Waals surface area contributed by atoms with Gasteiger partial charge in [-0.25, -0.2) is 4.68 Å². The number of benzene rings is 1. The van der Waals surface area contributed by atoms with Crippen LogP contribution in [0.2, 0.25) is 5.02 Å². The molecule has 0 radical (unpaired) electrons. The number of carbonyl (C=O) groups excluding carboxylic acids is 1. The van der Waals surface area contributed by atoms with Crippen LogP contribution in [-0.4, -0.2) is 66.6 Å². The monoisotopic (exact) mass is 422 g/mol. The third kappa shape index (κ3) is 3.37. The zero-order valence-electron chi connectivity index (χ0n) is 16.3. The number of hydrogen-bond acceptors (Lipinski definition) is 6. The van der Waals surface area contributed by atoms with Gasteiger partial charge in [0.15, 0.2) is 17.2 Å². The van der Waals surface area contributed by atoms with E-state index in [2.05, 4.69) is 25.3 Å². The molecule has 1 aromatic carbocycles. The van der Waals surface area contributed by atoms with Crippen molar-refractivity contribution in [3.05, 3.63) is 65.2 Å². The van der Waals surface area contributed by atoms with E-state index in [1.807, 2.05) is 42.2 Å². The number of hydrogen-bond donors (Lipinski definition) is 0. The molecule has 152 valence electrons. The summed E-state index contributed by atoms with van der Waals surface area (Å²) in [5.74, 6) is 1.52. The lowest BCUT2D eigenvalue weighted by atomic mass is 10.2. The molecule has 3 aromatic heterocycles. The van der Waals surface area contributed by atoms with Gasteiger partial charge in [0.1, 0.15) is 5.82 Å². The van der Waals surface area contributed by atoms with Gasteiger partial charge in [-0.15, -0.1) is 15.3 Å². The molecule has 0 spiro atoms. The first-order chi connectivity index (χ1) is 14.6.